The Bertz CT molecular complexity index is 1030. The molecule has 1 saturated heterocycles. The van der Waals surface area contributed by atoms with Gasteiger partial charge < -0.3 is 14.6 Å². The number of alkyl halides is 1. The molecule has 2 fully saturated rings. The third-order valence-electron chi connectivity index (χ3n) is 6.62. The Morgan fingerprint density at radius 1 is 1.26 bits per heavy atom. The molecule has 1 amide bonds. The zero-order valence-electron chi connectivity index (χ0n) is 20.1. The average Bonchev–Trinajstić information content (AvgIpc) is 3.29. The van der Waals surface area contributed by atoms with E-state index in [2.05, 4.69) is 34.5 Å². The van der Waals surface area contributed by atoms with Crippen LogP contribution in [0.15, 0.2) is 28.7 Å². The molecule has 0 spiro atoms. The first-order valence-electron chi connectivity index (χ1n) is 12.0. The predicted molar refractivity (Wildman–Crippen MR) is 134 cm³/mol. The normalized spacial score (nSPS) is 23.4. The van der Waals surface area contributed by atoms with Crippen molar-refractivity contribution in [3.05, 3.63) is 35.9 Å². The standard InChI is InChI=1S/C26H33FN4O2S/c1-26(2,3)25-30-22(20-9-6-18(27)16-21(20)24(32)29-11-10-28)23(33-25)17-4-7-19(8-5-17)31-12-14-34-15-13-31/h4-5,7-8,18,20-21H,6,9,11-16H2,1-3H3,(H,29,32)/t18-,20+,21?/m0/s1. The summed E-state index contributed by atoms with van der Waals surface area (Å²) in [5.41, 5.74) is 2.50. The molecular formula is C26H33FN4O2S. The van der Waals surface area contributed by atoms with E-state index in [0.29, 0.717) is 24.5 Å². The number of rotatable bonds is 5. The molecule has 8 heteroatoms. The first kappa shape index (κ1) is 24.6. The second-order valence-electron chi connectivity index (χ2n) is 10.1. The number of nitriles is 1. The lowest BCUT2D eigenvalue weighted by molar-refractivity contribution is -0.127. The van der Waals surface area contributed by atoms with Gasteiger partial charge in [-0.3, -0.25) is 4.79 Å². The number of nitrogens with zero attached hydrogens (tertiary/aromatic N) is 3. The molecule has 4 rings (SSSR count). The van der Waals surface area contributed by atoms with Gasteiger partial charge in [-0.2, -0.15) is 17.0 Å². The van der Waals surface area contributed by atoms with Gasteiger partial charge in [-0.05, 0) is 43.5 Å². The Labute approximate surface area is 205 Å². The first-order chi connectivity index (χ1) is 16.3. The molecule has 34 heavy (non-hydrogen) atoms. The minimum atomic E-state index is -1.03. The molecule has 1 unspecified atom stereocenters. The molecule has 6 nitrogen and oxygen atoms in total. The second kappa shape index (κ2) is 10.4. The SMILES string of the molecule is CC(C)(C)c1nc([C@@H]2CC[C@H](F)CC2C(=O)NCC#N)c(-c2ccc(N3CCSCC3)cc2)o1. The summed E-state index contributed by atoms with van der Waals surface area (Å²) < 4.78 is 20.7. The molecule has 1 aromatic heterocycles. The molecule has 3 atom stereocenters. The summed E-state index contributed by atoms with van der Waals surface area (Å²) in [6.45, 7) is 8.11. The average molecular weight is 485 g/mol. The van der Waals surface area contributed by atoms with Crippen molar-refractivity contribution in [1.29, 1.82) is 5.26 Å². The van der Waals surface area contributed by atoms with Gasteiger partial charge >= 0.3 is 0 Å². The number of benzene rings is 1. The highest BCUT2D eigenvalue weighted by molar-refractivity contribution is 7.99. The molecule has 182 valence electrons. The van der Waals surface area contributed by atoms with E-state index in [-0.39, 0.29) is 30.2 Å². The van der Waals surface area contributed by atoms with E-state index in [1.54, 1.807) is 0 Å². The van der Waals surface area contributed by atoms with Gasteiger partial charge in [-0.1, -0.05) is 20.8 Å². The number of oxazole rings is 1. The zero-order chi connectivity index (χ0) is 24.3. The lowest BCUT2D eigenvalue weighted by Gasteiger charge is -2.31. The Morgan fingerprint density at radius 2 is 1.97 bits per heavy atom. The Balaban J connectivity index is 1.70. The maximum Gasteiger partial charge on any atom is 0.224 e. The lowest BCUT2D eigenvalue weighted by Crippen LogP contribution is -2.38. The number of carbonyl (C=O) groups excluding carboxylic acids is 1. The largest absolute Gasteiger partial charge is 0.440 e. The van der Waals surface area contributed by atoms with E-state index in [9.17, 15) is 9.18 Å². The van der Waals surface area contributed by atoms with E-state index in [4.69, 9.17) is 14.7 Å². The zero-order valence-corrected chi connectivity index (χ0v) is 21.0. The Morgan fingerprint density at radius 3 is 2.62 bits per heavy atom. The van der Waals surface area contributed by atoms with Crippen LogP contribution >= 0.6 is 11.8 Å². The summed E-state index contributed by atoms with van der Waals surface area (Å²) in [5, 5.41) is 11.5. The number of hydrogen-bond acceptors (Lipinski definition) is 6. The van der Waals surface area contributed by atoms with Crippen LogP contribution in [0.5, 0.6) is 0 Å². The van der Waals surface area contributed by atoms with E-state index >= 15 is 0 Å². The summed E-state index contributed by atoms with van der Waals surface area (Å²) >= 11 is 1.98. The first-order valence-corrected chi connectivity index (χ1v) is 13.2. The van der Waals surface area contributed by atoms with Gasteiger partial charge in [0.1, 0.15) is 12.7 Å². The van der Waals surface area contributed by atoms with Crippen molar-refractivity contribution >= 4 is 23.4 Å². The van der Waals surface area contributed by atoms with Gasteiger partial charge in [0.25, 0.3) is 0 Å². The minimum Gasteiger partial charge on any atom is -0.440 e. The summed E-state index contributed by atoms with van der Waals surface area (Å²) in [5.74, 6) is 2.39. The quantitative estimate of drug-likeness (QED) is 0.598. The highest BCUT2D eigenvalue weighted by Crippen LogP contribution is 2.44. The van der Waals surface area contributed by atoms with Crippen LogP contribution < -0.4 is 10.2 Å². The number of halogens is 1. The topological polar surface area (TPSA) is 82.2 Å². The highest BCUT2D eigenvalue weighted by atomic mass is 32.2. The number of anilines is 1. The number of thioether (sulfide) groups is 1. The van der Waals surface area contributed by atoms with Gasteiger partial charge in [0, 0.05) is 53.1 Å². The third-order valence-corrected chi connectivity index (χ3v) is 7.56. The molecule has 0 bridgehead atoms. The number of amides is 1. The van der Waals surface area contributed by atoms with Crippen molar-refractivity contribution < 1.29 is 13.6 Å². The van der Waals surface area contributed by atoms with Crippen LogP contribution in [0.4, 0.5) is 10.1 Å². The predicted octanol–water partition coefficient (Wildman–Crippen LogP) is 5.05. The smallest absolute Gasteiger partial charge is 0.224 e. The third kappa shape index (κ3) is 5.41. The number of aromatic nitrogens is 1. The fourth-order valence-electron chi connectivity index (χ4n) is 4.75. The fraction of sp³-hybridized carbons (Fsp3) is 0.577. The van der Waals surface area contributed by atoms with Crippen molar-refractivity contribution in [2.45, 2.75) is 57.5 Å². The molecule has 0 radical (unpaired) electrons. The lowest BCUT2D eigenvalue weighted by atomic mass is 9.75. The maximum absolute atomic E-state index is 14.3. The van der Waals surface area contributed by atoms with Crippen LogP contribution in [-0.2, 0) is 10.2 Å². The molecule has 2 aromatic rings. The maximum atomic E-state index is 14.3. The van der Waals surface area contributed by atoms with E-state index in [1.807, 2.05) is 38.6 Å². The van der Waals surface area contributed by atoms with Gasteiger partial charge in [-0.25, -0.2) is 9.37 Å². The fourth-order valence-corrected chi connectivity index (χ4v) is 5.65. The molecular weight excluding hydrogens is 451 g/mol. The molecule has 1 N–H and O–H groups in total. The van der Waals surface area contributed by atoms with Crippen molar-refractivity contribution in [2.24, 2.45) is 5.92 Å². The molecule has 1 aliphatic heterocycles. The van der Waals surface area contributed by atoms with Crippen LogP contribution in [0.2, 0.25) is 0 Å². The van der Waals surface area contributed by atoms with Gasteiger partial charge in [0.15, 0.2) is 5.76 Å². The summed E-state index contributed by atoms with van der Waals surface area (Å²) in [4.78, 5) is 20.1. The van der Waals surface area contributed by atoms with Crippen LogP contribution in [0.3, 0.4) is 0 Å². The Kier molecular flexibility index (Phi) is 7.51. The minimum absolute atomic E-state index is 0.0889. The van der Waals surface area contributed by atoms with Crippen LogP contribution in [-0.4, -0.2) is 48.2 Å². The number of carbonyl (C=O) groups is 1. The van der Waals surface area contributed by atoms with E-state index in [0.717, 1.165) is 35.9 Å². The molecule has 1 aromatic carbocycles. The summed E-state index contributed by atoms with van der Waals surface area (Å²) in [6.07, 6.45) is -0.00680. The number of nitrogens with one attached hydrogen (secondary N) is 1. The summed E-state index contributed by atoms with van der Waals surface area (Å²) in [7, 11) is 0. The molecule has 1 aliphatic carbocycles. The second-order valence-corrected chi connectivity index (χ2v) is 11.4. The molecule has 1 saturated carbocycles. The Hall–Kier alpha value is -2.53. The van der Waals surface area contributed by atoms with Crippen LogP contribution in [0.25, 0.3) is 11.3 Å². The number of hydrogen-bond donors (Lipinski definition) is 1. The van der Waals surface area contributed by atoms with Crippen molar-refractivity contribution in [1.82, 2.24) is 10.3 Å². The van der Waals surface area contributed by atoms with Gasteiger partial charge in [0.2, 0.25) is 11.8 Å². The van der Waals surface area contributed by atoms with Crippen molar-refractivity contribution in [3.8, 4) is 17.4 Å². The van der Waals surface area contributed by atoms with Gasteiger partial charge in [-0.15, -0.1) is 0 Å². The molecule has 2 heterocycles. The molecule has 2 aliphatic rings. The van der Waals surface area contributed by atoms with Gasteiger partial charge in [0.05, 0.1) is 11.8 Å². The van der Waals surface area contributed by atoms with E-state index in [1.165, 1.54) is 5.69 Å². The monoisotopic (exact) mass is 484 g/mol. The van der Waals surface area contributed by atoms with Crippen molar-refractivity contribution in [3.63, 3.8) is 0 Å². The summed E-state index contributed by atoms with van der Waals surface area (Å²) in [6, 6.07) is 10.3. The van der Waals surface area contributed by atoms with Crippen LogP contribution in [0.1, 0.15) is 57.5 Å². The van der Waals surface area contributed by atoms with E-state index < -0.39 is 12.1 Å². The highest BCUT2D eigenvalue weighted by Gasteiger charge is 2.40. The van der Waals surface area contributed by atoms with Crippen LogP contribution in [0, 0.1) is 17.2 Å². The van der Waals surface area contributed by atoms with Crippen molar-refractivity contribution in [2.75, 3.05) is 36.0 Å².